The van der Waals surface area contributed by atoms with E-state index in [4.69, 9.17) is 5.26 Å². The molecule has 2 aromatic rings. The van der Waals surface area contributed by atoms with Gasteiger partial charge in [-0.25, -0.2) is 9.67 Å². The average molecular weight is 234 g/mol. The van der Waals surface area contributed by atoms with Gasteiger partial charge in [-0.3, -0.25) is 0 Å². The van der Waals surface area contributed by atoms with Crippen LogP contribution in [0.2, 0.25) is 0 Å². The van der Waals surface area contributed by atoms with E-state index in [-0.39, 0.29) is 11.4 Å². The highest BCUT2D eigenvalue weighted by molar-refractivity contribution is 5.19. The lowest BCUT2D eigenvalue weighted by Gasteiger charge is -2.15. The predicted octanol–water partition coefficient (Wildman–Crippen LogP) is 1.94. The molecule has 86 valence electrons. The highest BCUT2D eigenvalue weighted by Crippen LogP contribution is 2.29. The maximum atomic E-state index is 13.8. The van der Waals surface area contributed by atoms with Crippen molar-refractivity contribution < 1.29 is 8.78 Å². The normalized spacial score (nSPS) is 11.1. The molecule has 0 unspecified atom stereocenters. The van der Waals surface area contributed by atoms with Crippen LogP contribution >= 0.6 is 0 Å². The Balaban J connectivity index is 2.20. The number of hydrogen-bond donors (Lipinski definition) is 0. The van der Waals surface area contributed by atoms with Gasteiger partial charge >= 0.3 is 0 Å². The van der Waals surface area contributed by atoms with Gasteiger partial charge in [0.25, 0.3) is 11.7 Å². The van der Waals surface area contributed by atoms with Crippen LogP contribution in [-0.2, 0) is 12.5 Å². The van der Waals surface area contributed by atoms with Gasteiger partial charge in [0, 0.05) is 5.56 Å². The molecule has 0 aliphatic heterocycles. The maximum Gasteiger partial charge on any atom is 0.292 e. The first-order valence-electron chi connectivity index (χ1n) is 4.85. The molecule has 0 amide bonds. The zero-order valence-corrected chi connectivity index (χ0v) is 8.72. The molecule has 1 aromatic carbocycles. The van der Waals surface area contributed by atoms with Gasteiger partial charge in [0.2, 0.25) is 0 Å². The Morgan fingerprint density at radius 1 is 1.29 bits per heavy atom. The van der Waals surface area contributed by atoms with Gasteiger partial charge in [-0.15, -0.1) is 5.10 Å². The predicted molar refractivity (Wildman–Crippen MR) is 55.1 cm³/mol. The van der Waals surface area contributed by atoms with Crippen LogP contribution in [0.3, 0.4) is 0 Å². The van der Waals surface area contributed by atoms with Gasteiger partial charge in [0.05, 0.1) is 0 Å². The summed E-state index contributed by atoms with van der Waals surface area (Å²) in [6.07, 6.45) is 1.12. The molecule has 0 atom stereocenters. The Bertz CT molecular complexity index is 542. The number of rotatable bonds is 3. The van der Waals surface area contributed by atoms with Crippen molar-refractivity contribution in [1.82, 2.24) is 14.8 Å². The third kappa shape index (κ3) is 2.45. The molecule has 2 rings (SSSR count). The van der Waals surface area contributed by atoms with Gasteiger partial charge < -0.3 is 0 Å². The summed E-state index contributed by atoms with van der Waals surface area (Å²) in [7, 11) is 0. The Hall–Kier alpha value is -2.29. The molecule has 0 aliphatic rings. The van der Waals surface area contributed by atoms with Gasteiger partial charge in [-0.2, -0.15) is 14.0 Å². The van der Waals surface area contributed by atoms with Gasteiger partial charge in [0.15, 0.2) is 0 Å². The first-order chi connectivity index (χ1) is 8.12. The van der Waals surface area contributed by atoms with Crippen LogP contribution in [0, 0.1) is 11.3 Å². The fraction of sp³-hybridized carbons (Fsp3) is 0.182. The molecule has 0 bridgehead atoms. The molecular weight excluding hydrogens is 226 g/mol. The Kier molecular flexibility index (Phi) is 2.83. The molecule has 0 saturated heterocycles. The minimum absolute atomic E-state index is 0.0889. The van der Waals surface area contributed by atoms with Gasteiger partial charge in [0.1, 0.15) is 18.9 Å². The number of nitriles is 1. The largest absolute Gasteiger partial charge is 0.292 e. The van der Waals surface area contributed by atoms with Crippen molar-refractivity contribution in [2.24, 2.45) is 0 Å². The van der Waals surface area contributed by atoms with E-state index in [9.17, 15) is 8.78 Å². The minimum atomic E-state index is -3.04. The summed E-state index contributed by atoms with van der Waals surface area (Å²) in [4.78, 5) is 3.57. The number of alkyl halides is 2. The second kappa shape index (κ2) is 4.29. The van der Waals surface area contributed by atoms with E-state index < -0.39 is 12.5 Å². The smallest absolute Gasteiger partial charge is 0.245 e. The van der Waals surface area contributed by atoms with Gasteiger partial charge in [-0.1, -0.05) is 30.3 Å². The maximum absolute atomic E-state index is 13.8. The summed E-state index contributed by atoms with van der Waals surface area (Å²) < 4.78 is 28.5. The van der Waals surface area contributed by atoms with E-state index in [0.29, 0.717) is 0 Å². The van der Waals surface area contributed by atoms with E-state index in [1.807, 2.05) is 0 Å². The van der Waals surface area contributed by atoms with E-state index in [0.717, 1.165) is 11.0 Å². The van der Waals surface area contributed by atoms with Crippen LogP contribution in [-0.4, -0.2) is 14.8 Å². The zero-order chi connectivity index (χ0) is 12.3. The molecule has 0 saturated carbocycles. The third-order valence-corrected chi connectivity index (χ3v) is 2.19. The first kappa shape index (κ1) is 11.2. The van der Waals surface area contributed by atoms with Crippen molar-refractivity contribution in [3.63, 3.8) is 0 Å². The number of hydrogen-bond acceptors (Lipinski definition) is 3. The number of aromatic nitrogens is 3. The van der Waals surface area contributed by atoms with E-state index in [1.165, 1.54) is 12.1 Å². The van der Waals surface area contributed by atoms with Crippen molar-refractivity contribution in [3.05, 3.63) is 48.0 Å². The highest BCUT2D eigenvalue weighted by atomic mass is 19.3. The molecule has 0 spiro atoms. The summed E-state index contributed by atoms with van der Waals surface area (Å²) in [5.41, 5.74) is -0.0889. The lowest BCUT2D eigenvalue weighted by molar-refractivity contribution is -0.0255. The molecular formula is C11H8F2N4. The topological polar surface area (TPSA) is 54.5 Å². The summed E-state index contributed by atoms with van der Waals surface area (Å²) in [5, 5.41) is 12.1. The summed E-state index contributed by atoms with van der Waals surface area (Å²) >= 11 is 0. The highest BCUT2D eigenvalue weighted by Gasteiger charge is 2.32. The van der Waals surface area contributed by atoms with Crippen LogP contribution < -0.4 is 0 Å². The Morgan fingerprint density at radius 3 is 2.59 bits per heavy atom. The minimum Gasteiger partial charge on any atom is -0.245 e. The molecule has 0 radical (unpaired) electrons. The fourth-order valence-corrected chi connectivity index (χ4v) is 1.40. The van der Waals surface area contributed by atoms with Crippen molar-refractivity contribution in [2.45, 2.75) is 12.5 Å². The molecule has 0 N–H and O–H groups in total. The molecule has 4 nitrogen and oxygen atoms in total. The second-order valence-electron chi connectivity index (χ2n) is 3.45. The van der Waals surface area contributed by atoms with Crippen LogP contribution in [0.4, 0.5) is 8.78 Å². The third-order valence-electron chi connectivity index (χ3n) is 2.19. The molecule has 1 heterocycles. The molecule has 6 heteroatoms. The Labute approximate surface area is 96.1 Å². The van der Waals surface area contributed by atoms with Crippen molar-refractivity contribution >= 4 is 0 Å². The van der Waals surface area contributed by atoms with E-state index in [1.54, 1.807) is 24.3 Å². The first-order valence-corrected chi connectivity index (χ1v) is 4.85. The van der Waals surface area contributed by atoms with E-state index >= 15 is 0 Å². The van der Waals surface area contributed by atoms with Crippen LogP contribution in [0.1, 0.15) is 11.4 Å². The summed E-state index contributed by atoms with van der Waals surface area (Å²) in [5.74, 6) is -3.16. The number of benzene rings is 1. The molecule has 1 aromatic heterocycles. The van der Waals surface area contributed by atoms with Crippen molar-refractivity contribution in [1.29, 1.82) is 5.26 Å². The molecule has 0 fully saturated rings. The summed E-state index contributed by atoms with van der Waals surface area (Å²) in [6, 6.07) is 9.15. The lowest BCUT2D eigenvalue weighted by Crippen LogP contribution is -2.21. The van der Waals surface area contributed by atoms with Gasteiger partial charge in [-0.05, 0) is 0 Å². The molecule has 0 aliphatic carbocycles. The number of halogens is 2. The van der Waals surface area contributed by atoms with Crippen LogP contribution in [0.25, 0.3) is 0 Å². The SMILES string of the molecule is N#Cc1ncn(CC(F)(F)c2ccccc2)n1. The standard InChI is InChI=1S/C11H8F2N4/c12-11(13,9-4-2-1-3-5-9)7-17-8-15-10(6-14)16-17/h1-5,8H,7H2. The van der Waals surface area contributed by atoms with Crippen molar-refractivity contribution in [2.75, 3.05) is 0 Å². The number of nitrogens with zero attached hydrogens (tertiary/aromatic N) is 4. The monoisotopic (exact) mass is 234 g/mol. The van der Waals surface area contributed by atoms with Crippen LogP contribution in [0.5, 0.6) is 0 Å². The second-order valence-corrected chi connectivity index (χ2v) is 3.45. The van der Waals surface area contributed by atoms with Crippen LogP contribution in [0.15, 0.2) is 36.7 Å². The zero-order valence-electron chi connectivity index (χ0n) is 8.72. The average Bonchev–Trinajstić information content (AvgIpc) is 2.77. The molecule has 17 heavy (non-hydrogen) atoms. The fourth-order valence-electron chi connectivity index (χ4n) is 1.40. The summed E-state index contributed by atoms with van der Waals surface area (Å²) in [6.45, 7) is -0.633. The quantitative estimate of drug-likeness (QED) is 0.815. The van der Waals surface area contributed by atoms with Crippen molar-refractivity contribution in [3.8, 4) is 6.07 Å². The van der Waals surface area contributed by atoms with E-state index in [2.05, 4.69) is 10.1 Å². The Morgan fingerprint density at radius 2 is 2.00 bits per heavy atom. The lowest BCUT2D eigenvalue weighted by atomic mass is 10.1.